The molecule has 0 saturated heterocycles. The van der Waals surface area contributed by atoms with Crippen LogP contribution in [0.25, 0.3) is 0 Å². The second-order valence-corrected chi connectivity index (χ2v) is 3.43. The predicted octanol–water partition coefficient (Wildman–Crippen LogP) is 1.16. The molecule has 4 nitrogen and oxygen atoms in total. The van der Waals surface area contributed by atoms with Gasteiger partial charge in [-0.2, -0.15) is 4.98 Å². The van der Waals surface area contributed by atoms with Crippen molar-refractivity contribution in [3.05, 3.63) is 11.9 Å². The van der Waals surface area contributed by atoms with E-state index in [2.05, 4.69) is 15.9 Å². The van der Waals surface area contributed by atoms with Crippen LogP contribution in [-0.2, 0) is 0 Å². The number of nitrogen functional groups attached to an aromatic ring is 1. The van der Waals surface area contributed by atoms with Gasteiger partial charge in [-0.05, 0) is 20.8 Å². The standard InChI is InChI=1S/C10H13N3O/c1-5-10(3,4)14-9-6-8(11)12-7(2)13-9/h1,6H,2-4H3,(H2,11,12,13). The minimum atomic E-state index is -0.687. The summed E-state index contributed by atoms with van der Waals surface area (Å²) in [5.74, 6) is 3.84. The second-order valence-electron chi connectivity index (χ2n) is 3.43. The highest BCUT2D eigenvalue weighted by atomic mass is 16.5. The molecule has 0 atom stereocenters. The maximum absolute atomic E-state index is 5.54. The minimum absolute atomic E-state index is 0.375. The number of terminal acetylenes is 1. The van der Waals surface area contributed by atoms with Crippen LogP contribution in [0.1, 0.15) is 19.7 Å². The third-order valence-electron chi connectivity index (χ3n) is 1.54. The number of rotatable bonds is 2. The Labute approximate surface area is 83.5 Å². The number of aromatic nitrogens is 2. The SMILES string of the molecule is C#CC(C)(C)Oc1cc(N)nc(C)n1. The molecule has 1 aromatic heterocycles. The molecule has 14 heavy (non-hydrogen) atoms. The van der Waals surface area contributed by atoms with Crippen molar-refractivity contribution in [2.45, 2.75) is 26.4 Å². The predicted molar refractivity (Wildman–Crippen MR) is 54.7 cm³/mol. The van der Waals surface area contributed by atoms with E-state index in [1.54, 1.807) is 26.8 Å². The van der Waals surface area contributed by atoms with Crippen LogP contribution in [0, 0.1) is 19.3 Å². The van der Waals surface area contributed by atoms with Crippen molar-refractivity contribution in [1.82, 2.24) is 9.97 Å². The zero-order chi connectivity index (χ0) is 10.8. The molecule has 0 unspecified atom stereocenters. The van der Waals surface area contributed by atoms with E-state index in [-0.39, 0.29) is 0 Å². The lowest BCUT2D eigenvalue weighted by Crippen LogP contribution is -2.26. The summed E-state index contributed by atoms with van der Waals surface area (Å²) < 4.78 is 5.45. The quantitative estimate of drug-likeness (QED) is 0.712. The Morgan fingerprint density at radius 2 is 2.14 bits per heavy atom. The van der Waals surface area contributed by atoms with E-state index in [9.17, 15) is 0 Å². The zero-order valence-electron chi connectivity index (χ0n) is 8.53. The fraction of sp³-hybridized carbons (Fsp3) is 0.400. The molecule has 0 radical (unpaired) electrons. The van der Waals surface area contributed by atoms with Crippen LogP contribution in [0.15, 0.2) is 6.07 Å². The van der Waals surface area contributed by atoms with E-state index in [1.165, 1.54) is 0 Å². The molecule has 0 aliphatic rings. The smallest absolute Gasteiger partial charge is 0.220 e. The fourth-order valence-corrected chi connectivity index (χ4v) is 0.906. The summed E-state index contributed by atoms with van der Waals surface area (Å²) in [6.45, 7) is 5.30. The first-order valence-electron chi connectivity index (χ1n) is 4.21. The number of aryl methyl sites for hydroxylation is 1. The molecule has 1 aromatic rings. The maximum atomic E-state index is 5.54. The van der Waals surface area contributed by atoms with Crippen LogP contribution in [0.3, 0.4) is 0 Å². The lowest BCUT2D eigenvalue weighted by Gasteiger charge is -2.19. The van der Waals surface area contributed by atoms with Gasteiger partial charge < -0.3 is 10.5 Å². The van der Waals surface area contributed by atoms with Gasteiger partial charge in [0.05, 0.1) is 0 Å². The molecule has 2 N–H and O–H groups in total. The van der Waals surface area contributed by atoms with E-state index < -0.39 is 5.60 Å². The van der Waals surface area contributed by atoms with Crippen molar-refractivity contribution in [2.24, 2.45) is 0 Å². The van der Waals surface area contributed by atoms with E-state index in [4.69, 9.17) is 16.9 Å². The van der Waals surface area contributed by atoms with Gasteiger partial charge in [-0.15, -0.1) is 6.42 Å². The molecule has 4 heteroatoms. The summed E-state index contributed by atoms with van der Waals surface area (Å²) in [4.78, 5) is 7.98. The Bertz CT molecular complexity index is 359. The summed E-state index contributed by atoms with van der Waals surface area (Å²) in [6.07, 6.45) is 5.28. The van der Waals surface area contributed by atoms with Gasteiger partial charge in [0.2, 0.25) is 5.88 Å². The lowest BCUT2D eigenvalue weighted by molar-refractivity contribution is 0.164. The van der Waals surface area contributed by atoms with Crippen molar-refractivity contribution < 1.29 is 4.74 Å². The fourth-order valence-electron chi connectivity index (χ4n) is 0.906. The molecule has 1 rings (SSSR count). The number of nitrogens with zero attached hydrogens (tertiary/aromatic N) is 2. The zero-order valence-corrected chi connectivity index (χ0v) is 8.53. The molecule has 0 saturated carbocycles. The number of hydrogen-bond donors (Lipinski definition) is 1. The second kappa shape index (κ2) is 3.54. The van der Waals surface area contributed by atoms with Gasteiger partial charge in [0.1, 0.15) is 11.6 Å². The highest BCUT2D eigenvalue weighted by molar-refractivity contribution is 5.33. The highest BCUT2D eigenvalue weighted by Crippen LogP contribution is 2.16. The number of anilines is 1. The number of hydrogen-bond acceptors (Lipinski definition) is 4. The van der Waals surface area contributed by atoms with Gasteiger partial charge in [0.15, 0.2) is 5.60 Å². The van der Waals surface area contributed by atoms with Crippen LogP contribution in [0.4, 0.5) is 5.82 Å². The monoisotopic (exact) mass is 191 g/mol. The molecular weight excluding hydrogens is 178 g/mol. The Balaban J connectivity index is 2.94. The summed E-state index contributed by atoms with van der Waals surface area (Å²) >= 11 is 0. The van der Waals surface area contributed by atoms with Gasteiger partial charge in [-0.3, -0.25) is 0 Å². The van der Waals surface area contributed by atoms with E-state index in [0.717, 1.165) is 0 Å². The third-order valence-corrected chi connectivity index (χ3v) is 1.54. The van der Waals surface area contributed by atoms with Crippen molar-refractivity contribution in [2.75, 3.05) is 5.73 Å². The first-order chi connectivity index (χ1) is 6.43. The topological polar surface area (TPSA) is 61.0 Å². The van der Waals surface area contributed by atoms with Crippen LogP contribution in [-0.4, -0.2) is 15.6 Å². The summed E-state index contributed by atoms with van der Waals surface area (Å²) in [7, 11) is 0. The van der Waals surface area contributed by atoms with Gasteiger partial charge >= 0.3 is 0 Å². The normalized spacial score (nSPS) is 10.7. The molecule has 0 aliphatic carbocycles. The van der Waals surface area contributed by atoms with Crippen LogP contribution in [0.5, 0.6) is 5.88 Å². The largest absolute Gasteiger partial charge is 0.458 e. The molecule has 0 aliphatic heterocycles. The molecule has 74 valence electrons. The van der Waals surface area contributed by atoms with Crippen molar-refractivity contribution in [3.8, 4) is 18.2 Å². The van der Waals surface area contributed by atoms with Crippen molar-refractivity contribution in [3.63, 3.8) is 0 Å². The Kier molecular flexibility index (Phi) is 2.61. The summed E-state index contributed by atoms with van der Waals surface area (Å²) in [6, 6.07) is 1.55. The molecule has 0 bridgehead atoms. The Morgan fingerprint density at radius 3 is 2.64 bits per heavy atom. The van der Waals surface area contributed by atoms with Crippen molar-refractivity contribution in [1.29, 1.82) is 0 Å². The van der Waals surface area contributed by atoms with Gasteiger partial charge in [-0.1, -0.05) is 5.92 Å². The molecule has 0 amide bonds. The summed E-state index contributed by atoms with van der Waals surface area (Å²) in [5, 5.41) is 0. The Hall–Kier alpha value is -1.76. The van der Waals surface area contributed by atoms with Gasteiger partial charge in [0.25, 0.3) is 0 Å². The minimum Gasteiger partial charge on any atom is -0.458 e. The highest BCUT2D eigenvalue weighted by Gasteiger charge is 2.16. The third kappa shape index (κ3) is 2.63. The maximum Gasteiger partial charge on any atom is 0.220 e. The van der Waals surface area contributed by atoms with Crippen LogP contribution < -0.4 is 10.5 Å². The number of ether oxygens (including phenoxy) is 1. The van der Waals surface area contributed by atoms with E-state index in [1.807, 2.05) is 0 Å². The van der Waals surface area contributed by atoms with Crippen molar-refractivity contribution >= 4 is 5.82 Å². The molecule has 1 heterocycles. The first kappa shape index (κ1) is 10.3. The van der Waals surface area contributed by atoms with E-state index in [0.29, 0.717) is 17.5 Å². The average Bonchev–Trinajstić information content (AvgIpc) is 2.01. The lowest BCUT2D eigenvalue weighted by atomic mass is 10.1. The summed E-state index contributed by atoms with van der Waals surface area (Å²) in [5.41, 5.74) is 4.85. The Morgan fingerprint density at radius 1 is 1.50 bits per heavy atom. The molecule has 0 fully saturated rings. The first-order valence-corrected chi connectivity index (χ1v) is 4.21. The average molecular weight is 191 g/mol. The van der Waals surface area contributed by atoms with E-state index >= 15 is 0 Å². The van der Waals surface area contributed by atoms with Gasteiger partial charge in [-0.25, -0.2) is 4.98 Å². The molecule has 0 aromatic carbocycles. The molecular formula is C10H13N3O. The molecule has 0 spiro atoms. The van der Waals surface area contributed by atoms with Gasteiger partial charge in [0, 0.05) is 6.07 Å². The van der Waals surface area contributed by atoms with Crippen LogP contribution >= 0.6 is 0 Å². The van der Waals surface area contributed by atoms with Crippen LogP contribution in [0.2, 0.25) is 0 Å². The number of nitrogens with two attached hydrogens (primary N) is 1.